The third kappa shape index (κ3) is 2.75. The molecule has 1 aromatic carbocycles. The minimum absolute atomic E-state index is 0.349. The van der Waals surface area contributed by atoms with Crippen LogP contribution in [0.1, 0.15) is 20.7 Å². The van der Waals surface area contributed by atoms with Gasteiger partial charge in [-0.3, -0.25) is 14.9 Å². The van der Waals surface area contributed by atoms with E-state index in [-0.39, 0.29) is 0 Å². The molecule has 1 aliphatic heterocycles. The van der Waals surface area contributed by atoms with Gasteiger partial charge in [-0.1, -0.05) is 0 Å². The van der Waals surface area contributed by atoms with Crippen LogP contribution in [0.25, 0.3) is 0 Å². The van der Waals surface area contributed by atoms with Crippen LogP contribution >= 0.6 is 63.7 Å². The van der Waals surface area contributed by atoms with Crippen molar-refractivity contribution in [2.24, 2.45) is 0 Å². The summed E-state index contributed by atoms with van der Waals surface area (Å²) in [5, 5.41) is 2.24. The molecule has 0 saturated heterocycles. The van der Waals surface area contributed by atoms with Crippen molar-refractivity contribution in [1.82, 2.24) is 5.32 Å². The summed E-state index contributed by atoms with van der Waals surface area (Å²) in [6, 6.07) is 0. The monoisotopic (exact) mass is 596 g/mol. The Bertz CT molecular complexity index is 489. The quantitative estimate of drug-likeness (QED) is 0.216. The molecule has 89 valence electrons. The van der Waals surface area contributed by atoms with E-state index in [1.54, 1.807) is 0 Å². The van der Waals surface area contributed by atoms with Crippen LogP contribution in [0.5, 0.6) is 0 Å². The number of benzene rings is 1. The summed E-state index contributed by atoms with van der Waals surface area (Å²) < 4.78 is 10.8. The van der Waals surface area contributed by atoms with Crippen LogP contribution in [0, 0.1) is 0 Å². The Balaban J connectivity index is 0.000000686. The molecule has 0 bridgehead atoms. The molecule has 1 radical (unpaired) electrons. The number of imide groups is 1. The fourth-order valence-corrected chi connectivity index (χ4v) is 3.76. The first kappa shape index (κ1) is 16.0. The molecule has 9 heteroatoms. The molecule has 0 fully saturated rings. The number of halogens is 4. The summed E-state index contributed by atoms with van der Waals surface area (Å²) in [4.78, 5) is 23.0. The molecule has 1 aliphatic rings. The summed E-state index contributed by atoms with van der Waals surface area (Å²) in [5.74, 6) is -0.786. The first-order valence-electron chi connectivity index (χ1n) is 3.85. The molecule has 0 aromatic heterocycles. The Morgan fingerprint density at radius 1 is 0.706 bits per heavy atom. The molecular formula is C8HBr4NO3Sb. The molecule has 0 saturated carbocycles. The van der Waals surface area contributed by atoms with Gasteiger partial charge in [0, 0.05) is 17.9 Å². The van der Waals surface area contributed by atoms with Gasteiger partial charge in [0.2, 0.25) is 0 Å². The van der Waals surface area contributed by atoms with Crippen molar-refractivity contribution in [2.45, 2.75) is 0 Å². The van der Waals surface area contributed by atoms with Gasteiger partial charge in [0.15, 0.2) is 0 Å². The summed E-state index contributed by atoms with van der Waals surface area (Å²) in [7, 11) is 0. The van der Waals surface area contributed by atoms with Gasteiger partial charge in [-0.05, 0) is 63.7 Å². The van der Waals surface area contributed by atoms with Gasteiger partial charge >= 0.3 is 26.0 Å². The molecule has 17 heavy (non-hydrogen) atoms. The maximum atomic E-state index is 11.5. The number of carbonyl (C=O) groups is 2. The Kier molecular flexibility index (Phi) is 5.98. The van der Waals surface area contributed by atoms with Gasteiger partial charge in [-0.15, -0.1) is 0 Å². The SMILES string of the molecule is O=C1NC(=O)c2c(Br)c(Br)c(Br)c(Br)c21.[O]=[Sb]. The van der Waals surface area contributed by atoms with Crippen LogP contribution in [0.2, 0.25) is 0 Å². The third-order valence-electron chi connectivity index (χ3n) is 1.95. The van der Waals surface area contributed by atoms with E-state index in [1.165, 1.54) is 0 Å². The average molecular weight is 600 g/mol. The Labute approximate surface area is 144 Å². The zero-order chi connectivity index (χ0) is 13.3. The van der Waals surface area contributed by atoms with Gasteiger partial charge in [-0.25, -0.2) is 0 Å². The number of hydrogen-bond acceptors (Lipinski definition) is 3. The van der Waals surface area contributed by atoms with E-state index in [0.717, 1.165) is 0 Å². The average Bonchev–Trinajstić information content (AvgIpc) is 2.61. The number of fused-ring (bicyclic) bond motifs is 1. The molecule has 2 rings (SSSR count). The van der Waals surface area contributed by atoms with Crippen LogP contribution in [0.3, 0.4) is 0 Å². The van der Waals surface area contributed by atoms with Crippen LogP contribution in [-0.2, 0) is 3.02 Å². The first-order chi connectivity index (χ1) is 7.95. The topological polar surface area (TPSA) is 63.2 Å². The second kappa shape index (κ2) is 6.37. The molecule has 4 nitrogen and oxygen atoms in total. The first-order valence-corrected chi connectivity index (χ1v) is 8.06. The summed E-state index contributed by atoms with van der Waals surface area (Å²) in [6.45, 7) is 0. The molecular weight excluding hydrogens is 599 g/mol. The zero-order valence-corrected chi connectivity index (χ0v) is 16.6. The second-order valence-corrected chi connectivity index (χ2v) is 5.96. The van der Waals surface area contributed by atoms with Crippen LogP contribution < -0.4 is 5.32 Å². The van der Waals surface area contributed by atoms with Crippen LogP contribution in [0.15, 0.2) is 17.9 Å². The summed E-state index contributed by atoms with van der Waals surface area (Å²) in [6.07, 6.45) is 0. The standard InChI is InChI=1S/C8HBr4NO2.O.Sb/c9-3-1-2(8(15)13-7(1)14)4(10)6(12)5(3)11;;/h(H,13,14,15);;. The van der Waals surface area contributed by atoms with E-state index in [0.29, 0.717) is 52.0 Å². The van der Waals surface area contributed by atoms with Crippen molar-refractivity contribution >= 4 is 98.5 Å². The fraction of sp³-hybridized carbons (Fsp3) is 0. The van der Waals surface area contributed by atoms with E-state index >= 15 is 0 Å². The molecule has 0 spiro atoms. The fourth-order valence-electron chi connectivity index (χ4n) is 1.29. The number of carbonyl (C=O) groups excluding carboxylic acids is 2. The van der Waals surface area contributed by atoms with E-state index in [1.807, 2.05) is 0 Å². The second-order valence-electron chi connectivity index (χ2n) is 2.79. The van der Waals surface area contributed by atoms with Gasteiger partial charge in [0.25, 0.3) is 11.8 Å². The van der Waals surface area contributed by atoms with Crippen molar-refractivity contribution in [3.8, 4) is 0 Å². The number of nitrogens with one attached hydrogen (secondary N) is 1. The predicted octanol–water partition coefficient (Wildman–Crippen LogP) is 3.12. The normalized spacial score (nSPS) is 12.7. The number of amides is 2. The van der Waals surface area contributed by atoms with E-state index in [9.17, 15) is 9.59 Å². The molecule has 0 unspecified atom stereocenters. The van der Waals surface area contributed by atoms with Crippen LogP contribution in [-0.4, -0.2) is 34.8 Å². The van der Waals surface area contributed by atoms with Gasteiger partial charge in [0.05, 0.1) is 11.1 Å². The number of rotatable bonds is 0. The Morgan fingerprint density at radius 3 is 1.29 bits per heavy atom. The molecule has 1 aromatic rings. The minimum atomic E-state index is -0.393. The molecule has 0 aliphatic carbocycles. The summed E-state index contributed by atoms with van der Waals surface area (Å²) in [5.41, 5.74) is 0.698. The van der Waals surface area contributed by atoms with E-state index < -0.39 is 11.8 Å². The molecule has 1 heterocycles. The van der Waals surface area contributed by atoms with Crippen molar-refractivity contribution in [3.63, 3.8) is 0 Å². The van der Waals surface area contributed by atoms with E-state index in [4.69, 9.17) is 3.02 Å². The van der Waals surface area contributed by atoms with Crippen molar-refractivity contribution < 1.29 is 12.6 Å². The maximum absolute atomic E-state index is 11.5. The Morgan fingerprint density at radius 2 is 1.00 bits per heavy atom. The Hall–Kier alpha value is 0.898. The van der Waals surface area contributed by atoms with Crippen LogP contribution in [0.4, 0.5) is 0 Å². The number of hydrogen-bond donors (Lipinski definition) is 1. The van der Waals surface area contributed by atoms with Crippen molar-refractivity contribution in [3.05, 3.63) is 29.0 Å². The summed E-state index contributed by atoms with van der Waals surface area (Å²) >= 11 is 13.7. The predicted molar refractivity (Wildman–Crippen MR) is 75.5 cm³/mol. The van der Waals surface area contributed by atoms with E-state index in [2.05, 4.69) is 69.0 Å². The molecule has 2 amide bonds. The van der Waals surface area contributed by atoms with Gasteiger partial charge in [0.1, 0.15) is 0 Å². The van der Waals surface area contributed by atoms with Crippen molar-refractivity contribution in [2.75, 3.05) is 0 Å². The van der Waals surface area contributed by atoms with Gasteiger partial charge < -0.3 is 0 Å². The van der Waals surface area contributed by atoms with Gasteiger partial charge in [-0.2, -0.15) is 0 Å². The zero-order valence-electron chi connectivity index (χ0n) is 7.68. The molecule has 1 N–H and O–H groups in total. The third-order valence-corrected chi connectivity index (χ3v) is 6.72. The molecule has 0 atom stereocenters. The van der Waals surface area contributed by atoms with Crippen molar-refractivity contribution in [1.29, 1.82) is 0 Å².